The number of nitrogens with zero attached hydrogens (tertiary/aromatic N) is 14. The Morgan fingerprint density at radius 3 is 1.11 bits per heavy atom. The Kier molecular flexibility index (Phi) is 34.5. The Labute approximate surface area is 763 Å². The molecule has 0 aliphatic carbocycles. The summed E-state index contributed by atoms with van der Waals surface area (Å²) >= 11 is 0. The van der Waals surface area contributed by atoms with Crippen LogP contribution in [0.1, 0.15) is 213 Å². The summed E-state index contributed by atoms with van der Waals surface area (Å²) < 4.78 is 39.5. The maximum Gasteiger partial charge on any atom is 0.511 e. The number of hydrogen-bond donors (Lipinski definition) is 2. The van der Waals surface area contributed by atoms with Crippen molar-refractivity contribution in [2.45, 2.75) is 258 Å². The van der Waals surface area contributed by atoms with Gasteiger partial charge >= 0.3 is 30.5 Å². The standard InChI is InChI=1S/C99H138N16O15/c1-7-9-11-13-15-17-19-25-55-125-97(122)127-67-112-87-29-23-21-27-77(87)63-83(91(112)116)75-31-43-110(44-32-75)95(120)102-85(93(118)108-51-47-106(48-52-108)81-35-39-104(5)40-36-81)61-73-57-71(3)89-79(59-73)65-100-114(89)69-129-99(124)130-70-115-90-72(4)58-74(60-80(90)66-101-115)62-86(94(119)109-53-49-107(50-54-109)82-37-41-105(6)42-38-82)103-96(121)111-45-33-76(34-46-111)84-64-78-28-22-24-30-88(78)113(92(84)117)68-128-98(123)126-56-26-20-18-16-14-12-10-8-2/h21-24,27-30,57-60,63-66,75-76,81-82,85-86H,7-20,25-26,31-56,61-62,67-70H2,1-6H3,(H,102,120)(H,103,121)/t85-,86-/m1/s1. The van der Waals surface area contributed by atoms with Crippen LogP contribution in [0.5, 0.6) is 0 Å². The molecular formula is C99H138N16O15. The summed E-state index contributed by atoms with van der Waals surface area (Å²) in [5.74, 6) is -0.709. The minimum Gasteiger partial charge on any atom is -0.434 e. The zero-order valence-corrected chi connectivity index (χ0v) is 77.5. The molecule has 4 aromatic carbocycles. The normalized spacial score (nSPS) is 17.5. The number of benzene rings is 4. The zero-order chi connectivity index (χ0) is 91.0. The van der Waals surface area contributed by atoms with Crippen molar-refractivity contribution in [2.24, 2.45) is 0 Å². The number of pyridine rings is 2. The minimum absolute atomic E-state index is 0.164. The van der Waals surface area contributed by atoms with Gasteiger partial charge in [-0.15, -0.1) is 0 Å². The first-order valence-corrected chi connectivity index (χ1v) is 48.3. The SMILES string of the molecule is CCCCCCCCCCOC(=O)OCn1c(=O)c(C2CCN(C(=O)N[C@H](Cc3cc(C)c4c(cnn4COC(=O)OCn4ncc5cc(C[C@@H](NC(=O)N6CCC(c7cc8ccccc8n(COC(=O)OCCCCCCCCCC)c7=O)CC6)C(=O)N6CCN(C7CCN(C)CC7)CC6)cc(C)c54)c3)C(=O)N3CCN(C4CCN(C)CC4)CC3)CC2)cc2ccccc21. The van der Waals surface area contributed by atoms with Gasteiger partial charge < -0.3 is 68.5 Å². The van der Waals surface area contributed by atoms with Crippen LogP contribution in [-0.4, -0.2) is 266 Å². The number of aryl methyl sites for hydroxylation is 2. The van der Waals surface area contributed by atoms with E-state index >= 15 is 9.59 Å². The molecule has 14 rings (SSSR count). The summed E-state index contributed by atoms with van der Waals surface area (Å²) in [6, 6.07) is 25.1. The maximum atomic E-state index is 15.0. The van der Waals surface area contributed by atoms with Gasteiger partial charge in [-0.25, -0.2) is 33.3 Å². The van der Waals surface area contributed by atoms with Crippen molar-refractivity contribution in [3.63, 3.8) is 0 Å². The number of unbranched alkanes of at least 4 members (excludes halogenated alkanes) is 14. The number of hydrogen-bond acceptors (Lipinski definition) is 21. The molecule has 6 amide bonds. The van der Waals surface area contributed by atoms with Gasteiger partial charge in [0.25, 0.3) is 11.1 Å². The number of aromatic nitrogens is 6. The molecule has 31 nitrogen and oxygen atoms in total. The average molecular weight is 1790 g/mol. The van der Waals surface area contributed by atoms with Crippen LogP contribution in [0, 0.1) is 13.8 Å². The first kappa shape index (κ1) is 95.5. The molecule has 704 valence electrons. The second-order valence-electron chi connectivity index (χ2n) is 37.0. The molecule has 6 fully saturated rings. The fourth-order valence-corrected chi connectivity index (χ4v) is 20.3. The third kappa shape index (κ3) is 25.2. The largest absolute Gasteiger partial charge is 0.511 e. The number of ether oxygens (including phenoxy) is 6. The van der Waals surface area contributed by atoms with Gasteiger partial charge in [-0.05, 0) is 200 Å². The molecule has 6 aliphatic heterocycles. The van der Waals surface area contributed by atoms with E-state index < -0.39 is 30.5 Å². The van der Waals surface area contributed by atoms with Crippen LogP contribution in [0.15, 0.2) is 107 Å². The van der Waals surface area contributed by atoms with Crippen molar-refractivity contribution in [2.75, 3.05) is 132 Å². The van der Waals surface area contributed by atoms with Crippen molar-refractivity contribution in [3.8, 4) is 0 Å². The van der Waals surface area contributed by atoms with Gasteiger partial charge in [-0.1, -0.05) is 152 Å². The molecule has 0 unspecified atom stereocenters. The van der Waals surface area contributed by atoms with Gasteiger partial charge in [0.05, 0.1) is 47.7 Å². The van der Waals surface area contributed by atoms with Gasteiger partial charge in [-0.3, -0.25) is 38.1 Å². The molecular weight excluding hydrogens is 1650 g/mol. The number of para-hydroxylation sites is 2. The topological polar surface area (TPSA) is 304 Å². The molecule has 10 heterocycles. The van der Waals surface area contributed by atoms with Gasteiger partial charge in [0.2, 0.25) is 11.8 Å². The Morgan fingerprint density at radius 1 is 0.385 bits per heavy atom. The van der Waals surface area contributed by atoms with Crippen LogP contribution < -0.4 is 21.8 Å². The van der Waals surface area contributed by atoms with E-state index in [4.69, 9.17) is 28.4 Å². The number of piperazine rings is 2. The molecule has 2 atom stereocenters. The van der Waals surface area contributed by atoms with Crippen molar-refractivity contribution in [1.82, 2.24) is 78.5 Å². The van der Waals surface area contributed by atoms with E-state index in [1.807, 2.05) is 109 Å². The fraction of sp³-hybridized carbons (Fsp3) is 0.606. The summed E-state index contributed by atoms with van der Waals surface area (Å²) in [6.45, 7) is 18.2. The number of fused-ring (bicyclic) bond motifs is 4. The van der Waals surface area contributed by atoms with Crippen LogP contribution in [-0.2, 0) is 77.8 Å². The van der Waals surface area contributed by atoms with Gasteiger partial charge in [0.15, 0.2) is 26.9 Å². The Balaban J connectivity index is 0.591. The van der Waals surface area contributed by atoms with E-state index in [1.54, 1.807) is 31.6 Å². The Hall–Kier alpha value is -10.6. The predicted octanol–water partition coefficient (Wildman–Crippen LogP) is 14.4. The van der Waals surface area contributed by atoms with E-state index in [0.29, 0.717) is 123 Å². The van der Waals surface area contributed by atoms with E-state index in [9.17, 15) is 33.6 Å². The molecule has 0 radical (unpaired) electrons. The predicted molar refractivity (Wildman–Crippen MR) is 499 cm³/mol. The highest BCUT2D eigenvalue weighted by Crippen LogP contribution is 2.33. The van der Waals surface area contributed by atoms with Gasteiger partial charge in [0, 0.05) is 125 Å². The summed E-state index contributed by atoms with van der Waals surface area (Å²) in [5, 5.41) is 18.8. The molecule has 0 bridgehead atoms. The summed E-state index contributed by atoms with van der Waals surface area (Å²) in [7, 11) is 4.31. The smallest absolute Gasteiger partial charge is 0.434 e. The second kappa shape index (κ2) is 46.9. The number of carbonyl (C=O) groups excluding carboxylic acids is 7. The highest BCUT2D eigenvalue weighted by Gasteiger charge is 2.38. The highest BCUT2D eigenvalue weighted by molar-refractivity contribution is 5.90. The van der Waals surface area contributed by atoms with Crippen molar-refractivity contribution in [3.05, 3.63) is 151 Å². The van der Waals surface area contributed by atoms with Crippen molar-refractivity contribution >= 4 is 86.0 Å². The monoisotopic (exact) mass is 1790 g/mol. The molecule has 6 saturated heterocycles. The van der Waals surface area contributed by atoms with Crippen LogP contribution in [0.25, 0.3) is 43.6 Å². The van der Waals surface area contributed by atoms with E-state index in [-0.39, 0.29) is 99.8 Å². The Morgan fingerprint density at radius 2 is 0.731 bits per heavy atom. The lowest BCUT2D eigenvalue weighted by Gasteiger charge is -2.43. The molecule has 4 aromatic heterocycles. The number of amides is 6. The highest BCUT2D eigenvalue weighted by atomic mass is 16.7. The molecule has 31 heteroatoms. The number of urea groups is 2. The molecule has 0 saturated carbocycles. The quantitative estimate of drug-likeness (QED) is 0.0206. The number of likely N-dealkylation sites (tertiary alicyclic amines) is 4. The second-order valence-corrected chi connectivity index (χ2v) is 37.0. The van der Waals surface area contributed by atoms with Gasteiger partial charge in [0.1, 0.15) is 12.1 Å². The summed E-state index contributed by atoms with van der Waals surface area (Å²) in [5.41, 5.74) is 6.50. The maximum absolute atomic E-state index is 15.0. The number of carbonyl (C=O) groups is 7. The third-order valence-corrected chi connectivity index (χ3v) is 27.9. The lowest BCUT2D eigenvalue weighted by Crippen LogP contribution is -2.59. The van der Waals surface area contributed by atoms with E-state index in [0.717, 1.165) is 160 Å². The van der Waals surface area contributed by atoms with E-state index in [1.165, 1.54) is 73.3 Å². The minimum atomic E-state index is -0.957. The molecule has 8 aromatic rings. The lowest BCUT2D eigenvalue weighted by atomic mass is 9.89. The van der Waals surface area contributed by atoms with Crippen LogP contribution >= 0.6 is 0 Å². The van der Waals surface area contributed by atoms with E-state index in [2.05, 4.69) is 68.4 Å². The molecule has 6 aliphatic rings. The average Bonchev–Trinajstić information content (AvgIpc) is 1.09. The zero-order valence-electron chi connectivity index (χ0n) is 77.5. The van der Waals surface area contributed by atoms with Crippen molar-refractivity contribution < 1.29 is 62.0 Å². The molecule has 2 N–H and O–H groups in total. The first-order valence-electron chi connectivity index (χ1n) is 48.3. The van der Waals surface area contributed by atoms with Gasteiger partial charge in [-0.2, -0.15) is 10.2 Å². The van der Waals surface area contributed by atoms with Crippen LogP contribution in [0.2, 0.25) is 0 Å². The van der Waals surface area contributed by atoms with Crippen LogP contribution in [0.3, 0.4) is 0 Å². The first-order chi connectivity index (χ1) is 63.2. The Bertz CT molecular complexity index is 4930. The molecule has 0 spiro atoms. The number of rotatable bonds is 38. The fourth-order valence-electron chi connectivity index (χ4n) is 20.3. The van der Waals surface area contributed by atoms with Crippen molar-refractivity contribution in [1.29, 1.82) is 0 Å². The van der Waals surface area contributed by atoms with Crippen LogP contribution in [0.4, 0.5) is 24.0 Å². The third-order valence-electron chi connectivity index (χ3n) is 27.9. The number of nitrogens with one attached hydrogen (secondary N) is 2. The summed E-state index contributed by atoms with van der Waals surface area (Å²) in [6.07, 6.45) is 25.2. The lowest BCUT2D eigenvalue weighted by molar-refractivity contribution is -0.136. The molecule has 130 heavy (non-hydrogen) atoms. The summed E-state index contributed by atoms with van der Waals surface area (Å²) in [4.78, 5) is 144. The number of piperidine rings is 4.